The fourth-order valence-corrected chi connectivity index (χ4v) is 3.25. The Morgan fingerprint density at radius 2 is 1.83 bits per heavy atom. The Morgan fingerprint density at radius 1 is 1.22 bits per heavy atom. The molecule has 0 saturated carbocycles. The third-order valence-electron chi connectivity index (χ3n) is 4.37. The second-order valence-corrected chi connectivity index (χ2v) is 7.39. The van der Waals surface area contributed by atoms with Gasteiger partial charge in [-0.1, -0.05) is 0 Å². The Morgan fingerprint density at radius 3 is 2.30 bits per heavy atom. The van der Waals surface area contributed by atoms with E-state index in [4.69, 9.17) is 4.84 Å². The van der Waals surface area contributed by atoms with Crippen molar-refractivity contribution in [3.8, 4) is 0 Å². The molecule has 23 heavy (non-hydrogen) atoms. The molecule has 2 heterocycles. The van der Waals surface area contributed by atoms with Gasteiger partial charge in [0.25, 0.3) is 0 Å². The van der Waals surface area contributed by atoms with Gasteiger partial charge in [0.2, 0.25) is 0 Å². The van der Waals surface area contributed by atoms with Crippen molar-refractivity contribution >= 4 is 17.8 Å². The Labute approximate surface area is 137 Å². The maximum absolute atomic E-state index is 12.6. The summed E-state index contributed by atoms with van der Waals surface area (Å²) < 4.78 is 0. The first-order chi connectivity index (χ1) is 10.6. The number of nitrogens with one attached hydrogen (secondary N) is 1. The van der Waals surface area contributed by atoms with Gasteiger partial charge in [0.1, 0.15) is 5.57 Å². The average Bonchev–Trinajstić information content (AvgIpc) is 2.92. The normalized spacial score (nSPS) is 21.0. The van der Waals surface area contributed by atoms with E-state index >= 15 is 0 Å². The van der Waals surface area contributed by atoms with E-state index < -0.39 is 5.97 Å². The molecule has 0 unspecified atom stereocenters. The zero-order valence-corrected chi connectivity index (χ0v) is 14.6. The van der Waals surface area contributed by atoms with Crippen LogP contribution in [0.4, 0.5) is 0 Å². The molecular formula is C18H26N2O3. The van der Waals surface area contributed by atoms with Crippen LogP contribution in [-0.2, 0) is 14.4 Å². The minimum absolute atomic E-state index is 0.0459. The minimum Gasteiger partial charge on any atom is -0.363 e. The summed E-state index contributed by atoms with van der Waals surface area (Å²) in [6.45, 7) is 9.61. The second-order valence-electron chi connectivity index (χ2n) is 7.39. The van der Waals surface area contributed by atoms with Crippen molar-refractivity contribution in [3.05, 3.63) is 29.6 Å². The average molecular weight is 318 g/mol. The SMILES string of the molecule is CC(=O)/C(=C/c1ccc[nH]1)C(=O)ON1C(C)(C)CCCC1(C)C. The highest BCUT2D eigenvalue weighted by Gasteiger charge is 2.44. The fourth-order valence-electron chi connectivity index (χ4n) is 3.25. The summed E-state index contributed by atoms with van der Waals surface area (Å²) in [5, 5.41) is 1.76. The van der Waals surface area contributed by atoms with Gasteiger partial charge < -0.3 is 9.82 Å². The van der Waals surface area contributed by atoms with Crippen molar-refractivity contribution in [2.45, 2.75) is 65.0 Å². The highest BCUT2D eigenvalue weighted by Crippen LogP contribution is 2.38. The molecule has 1 fully saturated rings. The van der Waals surface area contributed by atoms with Gasteiger partial charge in [-0.2, -0.15) is 0 Å². The Balaban J connectivity index is 2.26. The van der Waals surface area contributed by atoms with E-state index in [0.717, 1.165) is 19.3 Å². The number of carbonyl (C=O) groups is 2. The number of aromatic amines is 1. The summed E-state index contributed by atoms with van der Waals surface area (Å²) >= 11 is 0. The second kappa shape index (κ2) is 6.32. The van der Waals surface area contributed by atoms with Crippen LogP contribution in [0.15, 0.2) is 23.9 Å². The number of carbonyl (C=O) groups excluding carboxylic acids is 2. The lowest BCUT2D eigenvalue weighted by Gasteiger charge is -2.50. The fraction of sp³-hybridized carbons (Fsp3) is 0.556. The van der Waals surface area contributed by atoms with E-state index in [1.165, 1.54) is 13.0 Å². The monoisotopic (exact) mass is 318 g/mol. The van der Waals surface area contributed by atoms with Gasteiger partial charge in [-0.15, -0.1) is 5.06 Å². The van der Waals surface area contributed by atoms with Crippen LogP contribution >= 0.6 is 0 Å². The summed E-state index contributed by atoms with van der Waals surface area (Å²) in [5.74, 6) is -0.910. The van der Waals surface area contributed by atoms with Gasteiger partial charge >= 0.3 is 5.97 Å². The number of H-pyrrole nitrogens is 1. The zero-order chi connectivity index (χ0) is 17.3. The number of aromatic nitrogens is 1. The Bertz CT molecular complexity index is 596. The van der Waals surface area contributed by atoms with Gasteiger partial charge in [0.05, 0.1) is 11.1 Å². The predicted molar refractivity (Wildman–Crippen MR) is 89.4 cm³/mol. The molecule has 1 aromatic rings. The molecule has 1 N–H and O–H groups in total. The van der Waals surface area contributed by atoms with Crippen LogP contribution in [0.1, 0.15) is 59.6 Å². The summed E-state index contributed by atoms with van der Waals surface area (Å²) in [5.41, 5.74) is 0.228. The standard InChI is InChI=1S/C18H26N2O3/c1-13(21)15(12-14-8-6-11-19-14)16(22)23-20-17(2,3)9-7-10-18(20,4)5/h6,8,11-12,19H,7,9-10H2,1-5H3/b15-12-. The molecule has 1 aliphatic heterocycles. The van der Waals surface area contributed by atoms with Gasteiger partial charge in [-0.3, -0.25) is 4.79 Å². The van der Waals surface area contributed by atoms with Gasteiger partial charge in [-0.05, 0) is 72.1 Å². The van der Waals surface area contributed by atoms with E-state index in [1.54, 1.807) is 17.3 Å². The lowest BCUT2D eigenvalue weighted by Crippen LogP contribution is -2.59. The van der Waals surface area contributed by atoms with Crippen molar-refractivity contribution in [2.24, 2.45) is 0 Å². The van der Waals surface area contributed by atoms with E-state index in [0.29, 0.717) is 5.69 Å². The highest BCUT2D eigenvalue weighted by atomic mass is 16.7. The van der Waals surface area contributed by atoms with E-state index in [-0.39, 0.29) is 22.4 Å². The highest BCUT2D eigenvalue weighted by molar-refractivity contribution is 6.19. The molecule has 1 aliphatic rings. The van der Waals surface area contributed by atoms with Crippen LogP contribution in [0.2, 0.25) is 0 Å². The van der Waals surface area contributed by atoms with Crippen molar-refractivity contribution < 1.29 is 14.4 Å². The van der Waals surface area contributed by atoms with E-state index in [2.05, 4.69) is 32.7 Å². The molecule has 0 amide bonds. The van der Waals surface area contributed by atoms with Crippen molar-refractivity contribution in [1.29, 1.82) is 0 Å². The van der Waals surface area contributed by atoms with Crippen molar-refractivity contribution in [2.75, 3.05) is 0 Å². The number of nitrogens with zero attached hydrogens (tertiary/aromatic N) is 1. The molecule has 5 nitrogen and oxygen atoms in total. The quantitative estimate of drug-likeness (QED) is 0.524. The lowest BCUT2D eigenvalue weighted by molar-refractivity contribution is -0.262. The van der Waals surface area contributed by atoms with E-state index in [1.807, 2.05) is 6.07 Å². The molecule has 1 saturated heterocycles. The number of rotatable bonds is 4. The van der Waals surface area contributed by atoms with Gasteiger partial charge in [0.15, 0.2) is 5.78 Å². The summed E-state index contributed by atoms with van der Waals surface area (Å²) in [4.78, 5) is 33.1. The molecule has 1 aromatic heterocycles. The van der Waals surface area contributed by atoms with Crippen molar-refractivity contribution in [3.63, 3.8) is 0 Å². The first-order valence-corrected chi connectivity index (χ1v) is 8.02. The molecular weight excluding hydrogens is 292 g/mol. The molecule has 126 valence electrons. The number of ketones is 1. The summed E-state index contributed by atoms with van der Waals surface area (Å²) in [7, 11) is 0. The van der Waals surface area contributed by atoms with Gasteiger partial charge in [-0.25, -0.2) is 4.79 Å². The van der Waals surface area contributed by atoms with Crippen molar-refractivity contribution in [1.82, 2.24) is 10.0 Å². The van der Waals surface area contributed by atoms with Crippen LogP contribution in [-0.4, -0.2) is 32.9 Å². The molecule has 0 aromatic carbocycles. The number of hydroxylamine groups is 2. The Hall–Kier alpha value is -1.88. The van der Waals surface area contributed by atoms with Crippen LogP contribution in [0, 0.1) is 0 Å². The molecule has 0 atom stereocenters. The summed E-state index contributed by atoms with van der Waals surface area (Å²) in [6.07, 6.45) is 6.26. The van der Waals surface area contributed by atoms with Crippen LogP contribution in [0.5, 0.6) is 0 Å². The number of hydrogen-bond acceptors (Lipinski definition) is 4. The summed E-state index contributed by atoms with van der Waals surface area (Å²) in [6, 6.07) is 3.61. The third-order valence-corrected chi connectivity index (χ3v) is 4.37. The van der Waals surface area contributed by atoms with Gasteiger partial charge in [0, 0.05) is 11.9 Å². The van der Waals surface area contributed by atoms with E-state index in [9.17, 15) is 9.59 Å². The van der Waals surface area contributed by atoms with Crippen LogP contribution in [0.3, 0.4) is 0 Å². The number of piperidine rings is 1. The first-order valence-electron chi connectivity index (χ1n) is 8.02. The maximum Gasteiger partial charge on any atom is 0.360 e. The number of hydrogen-bond donors (Lipinski definition) is 1. The molecule has 2 rings (SSSR count). The molecule has 0 radical (unpaired) electrons. The maximum atomic E-state index is 12.6. The van der Waals surface area contributed by atoms with Crippen LogP contribution in [0.25, 0.3) is 6.08 Å². The largest absolute Gasteiger partial charge is 0.363 e. The first kappa shape index (κ1) is 17.5. The number of Topliss-reactive ketones (excluding diaryl/α,β-unsaturated/α-hetero) is 1. The zero-order valence-electron chi connectivity index (χ0n) is 14.6. The Kier molecular flexibility index (Phi) is 4.80. The smallest absolute Gasteiger partial charge is 0.360 e. The predicted octanol–water partition coefficient (Wildman–Crippen LogP) is 3.49. The minimum atomic E-state index is -0.602. The van der Waals surface area contributed by atoms with Crippen LogP contribution < -0.4 is 0 Å². The molecule has 5 heteroatoms. The molecule has 0 spiro atoms. The molecule has 0 bridgehead atoms. The topological polar surface area (TPSA) is 62.4 Å². The lowest BCUT2D eigenvalue weighted by atomic mass is 9.82. The third kappa shape index (κ3) is 3.91. The molecule has 0 aliphatic carbocycles.